The lowest BCUT2D eigenvalue weighted by molar-refractivity contribution is -0.167. The van der Waals surface area contributed by atoms with Gasteiger partial charge in [0, 0.05) is 19.3 Å². The molecule has 0 saturated heterocycles. The molecule has 0 N–H and O–H groups in total. The molecule has 0 aromatic carbocycles. The maximum Gasteiger partial charge on any atom is 0.306 e. The van der Waals surface area contributed by atoms with Crippen LogP contribution in [0.15, 0.2) is 60.8 Å². The van der Waals surface area contributed by atoms with E-state index in [4.69, 9.17) is 14.2 Å². The van der Waals surface area contributed by atoms with Crippen LogP contribution in [0.25, 0.3) is 0 Å². The van der Waals surface area contributed by atoms with Gasteiger partial charge in [-0.05, 0) is 83.5 Å². The highest BCUT2D eigenvalue weighted by Crippen LogP contribution is 2.17. The molecular formula is C65H116O6. The largest absolute Gasteiger partial charge is 0.462 e. The van der Waals surface area contributed by atoms with Crippen molar-refractivity contribution in [3.05, 3.63) is 60.8 Å². The van der Waals surface area contributed by atoms with E-state index >= 15 is 0 Å². The second-order valence-corrected chi connectivity index (χ2v) is 20.6. The summed E-state index contributed by atoms with van der Waals surface area (Å²) in [6.07, 6.45) is 75.3. The van der Waals surface area contributed by atoms with Crippen molar-refractivity contribution in [2.75, 3.05) is 13.2 Å². The number of carbonyl (C=O) groups is 3. The number of allylic oxidation sites excluding steroid dienone is 10. The zero-order chi connectivity index (χ0) is 51.4. The van der Waals surface area contributed by atoms with Crippen LogP contribution in [0.2, 0.25) is 0 Å². The first-order chi connectivity index (χ1) is 35.0. The molecule has 0 aromatic heterocycles. The summed E-state index contributed by atoms with van der Waals surface area (Å²) in [5.74, 6) is -0.900. The first-order valence-corrected chi connectivity index (χ1v) is 30.8. The van der Waals surface area contributed by atoms with Crippen LogP contribution in [0.5, 0.6) is 0 Å². The summed E-state index contributed by atoms with van der Waals surface area (Å²) in [5.41, 5.74) is 0. The van der Waals surface area contributed by atoms with E-state index in [1.165, 1.54) is 186 Å². The summed E-state index contributed by atoms with van der Waals surface area (Å²) in [6.45, 7) is 6.51. The highest BCUT2D eigenvalue weighted by atomic mass is 16.6. The number of hydrogen-bond donors (Lipinski definition) is 0. The molecule has 1 unspecified atom stereocenters. The maximum atomic E-state index is 12.8. The Morgan fingerprint density at radius 3 is 0.873 bits per heavy atom. The minimum absolute atomic E-state index is 0.0825. The van der Waals surface area contributed by atoms with Gasteiger partial charge in [-0.25, -0.2) is 0 Å². The van der Waals surface area contributed by atoms with E-state index in [1.807, 2.05) is 0 Å². The fourth-order valence-electron chi connectivity index (χ4n) is 8.90. The Hall–Kier alpha value is -2.89. The summed E-state index contributed by atoms with van der Waals surface area (Å²) in [4.78, 5) is 38.1. The lowest BCUT2D eigenvalue weighted by atomic mass is 10.0. The Bertz CT molecular complexity index is 1280. The predicted molar refractivity (Wildman–Crippen MR) is 307 cm³/mol. The minimum atomic E-state index is -0.786. The Morgan fingerprint density at radius 1 is 0.296 bits per heavy atom. The third-order valence-corrected chi connectivity index (χ3v) is 13.5. The van der Waals surface area contributed by atoms with Gasteiger partial charge in [0.25, 0.3) is 0 Å². The molecule has 0 rings (SSSR count). The van der Waals surface area contributed by atoms with E-state index in [2.05, 4.69) is 81.5 Å². The van der Waals surface area contributed by atoms with Crippen LogP contribution in [0, 0.1) is 0 Å². The molecule has 0 amide bonds. The van der Waals surface area contributed by atoms with Gasteiger partial charge in [0.2, 0.25) is 0 Å². The number of rotatable bonds is 56. The smallest absolute Gasteiger partial charge is 0.306 e. The van der Waals surface area contributed by atoms with Crippen LogP contribution in [0.1, 0.15) is 316 Å². The van der Waals surface area contributed by atoms with Crippen molar-refractivity contribution in [3.63, 3.8) is 0 Å². The molecule has 1 atom stereocenters. The average Bonchev–Trinajstić information content (AvgIpc) is 3.37. The van der Waals surface area contributed by atoms with Crippen LogP contribution < -0.4 is 0 Å². The van der Waals surface area contributed by atoms with Gasteiger partial charge in [-0.2, -0.15) is 0 Å². The van der Waals surface area contributed by atoms with Gasteiger partial charge in [-0.1, -0.05) is 274 Å². The lowest BCUT2D eigenvalue weighted by Crippen LogP contribution is -2.30. The highest BCUT2D eigenvalue weighted by Gasteiger charge is 2.19. The molecule has 0 spiro atoms. The number of ether oxygens (including phenoxy) is 3. The monoisotopic (exact) mass is 993 g/mol. The molecule has 0 bridgehead atoms. The van der Waals surface area contributed by atoms with Crippen LogP contribution in [-0.2, 0) is 28.6 Å². The van der Waals surface area contributed by atoms with Crippen LogP contribution in [0.3, 0.4) is 0 Å². The van der Waals surface area contributed by atoms with Crippen molar-refractivity contribution in [1.82, 2.24) is 0 Å². The Balaban J connectivity index is 4.13. The lowest BCUT2D eigenvalue weighted by Gasteiger charge is -2.18. The average molecular weight is 994 g/mol. The second kappa shape index (κ2) is 59.7. The van der Waals surface area contributed by atoms with Crippen molar-refractivity contribution in [2.24, 2.45) is 0 Å². The van der Waals surface area contributed by atoms with Crippen molar-refractivity contribution >= 4 is 17.9 Å². The first-order valence-electron chi connectivity index (χ1n) is 30.8. The summed E-state index contributed by atoms with van der Waals surface area (Å²) in [7, 11) is 0. The van der Waals surface area contributed by atoms with Gasteiger partial charge in [0.15, 0.2) is 6.10 Å². The number of esters is 3. The van der Waals surface area contributed by atoms with E-state index in [-0.39, 0.29) is 31.1 Å². The van der Waals surface area contributed by atoms with Gasteiger partial charge >= 0.3 is 17.9 Å². The first kappa shape index (κ1) is 68.1. The van der Waals surface area contributed by atoms with E-state index in [9.17, 15) is 14.4 Å². The fourth-order valence-corrected chi connectivity index (χ4v) is 8.90. The minimum Gasteiger partial charge on any atom is -0.462 e. The molecule has 6 heteroatoms. The molecule has 412 valence electrons. The summed E-state index contributed by atoms with van der Waals surface area (Å²) < 4.78 is 16.8. The SMILES string of the molecule is CC/C=C\C/C=C\C/C=C\CCCCCC(=O)OC(COC(=O)CCCCCCCCCCCCC)COC(=O)CCCCCCCCCCCCCCCCCCC/C=C\C/C=C\CCCCCCC. The van der Waals surface area contributed by atoms with Crippen LogP contribution >= 0.6 is 0 Å². The fraction of sp³-hybridized carbons (Fsp3) is 0.800. The third-order valence-electron chi connectivity index (χ3n) is 13.5. The molecule has 0 radical (unpaired) electrons. The number of unbranched alkanes of at least 4 members (excludes halogenated alkanes) is 35. The van der Waals surface area contributed by atoms with Crippen LogP contribution in [-0.4, -0.2) is 37.2 Å². The molecule has 0 aromatic rings. The molecule has 0 aliphatic heterocycles. The standard InChI is InChI=1S/C65H116O6/c1-4-7-10-13-16-19-22-24-25-26-27-28-29-30-31-32-33-34-35-36-37-38-39-41-43-46-49-52-55-58-64(67)70-61-62(60-69-63(66)57-54-51-48-45-42-21-18-15-12-9-6-3)71-65(68)59-56-53-50-47-44-40-23-20-17-14-11-8-5-2/h8,11,17,20,22,24,26-27,40,44,62H,4-7,9-10,12-16,18-19,21,23,25,28-39,41-43,45-61H2,1-3H3/b11-8-,20-17-,24-22-,27-26-,44-40-. The van der Waals surface area contributed by atoms with E-state index < -0.39 is 6.10 Å². The topological polar surface area (TPSA) is 78.9 Å². The molecular weight excluding hydrogens is 877 g/mol. The highest BCUT2D eigenvalue weighted by molar-refractivity contribution is 5.71. The van der Waals surface area contributed by atoms with Crippen molar-refractivity contribution < 1.29 is 28.6 Å². The van der Waals surface area contributed by atoms with Crippen molar-refractivity contribution in [2.45, 2.75) is 322 Å². The molecule has 0 aliphatic carbocycles. The van der Waals surface area contributed by atoms with Crippen LogP contribution in [0.4, 0.5) is 0 Å². The zero-order valence-electron chi connectivity index (χ0n) is 47.2. The van der Waals surface area contributed by atoms with Gasteiger partial charge in [-0.3, -0.25) is 14.4 Å². The van der Waals surface area contributed by atoms with Gasteiger partial charge in [0.05, 0.1) is 0 Å². The number of carbonyl (C=O) groups excluding carboxylic acids is 3. The zero-order valence-corrected chi connectivity index (χ0v) is 47.2. The van der Waals surface area contributed by atoms with E-state index in [1.54, 1.807) is 0 Å². The van der Waals surface area contributed by atoms with Gasteiger partial charge < -0.3 is 14.2 Å². The Labute approximate surface area is 440 Å². The molecule has 0 fully saturated rings. The Kier molecular flexibility index (Phi) is 57.2. The number of hydrogen-bond acceptors (Lipinski definition) is 6. The molecule has 6 nitrogen and oxygen atoms in total. The summed E-state index contributed by atoms with van der Waals surface area (Å²) in [6, 6.07) is 0. The molecule has 0 heterocycles. The second-order valence-electron chi connectivity index (χ2n) is 20.6. The van der Waals surface area contributed by atoms with E-state index in [0.29, 0.717) is 19.3 Å². The van der Waals surface area contributed by atoms with Crippen molar-refractivity contribution in [3.8, 4) is 0 Å². The molecule has 0 saturated carbocycles. The van der Waals surface area contributed by atoms with Gasteiger partial charge in [-0.15, -0.1) is 0 Å². The predicted octanol–water partition coefficient (Wildman–Crippen LogP) is 20.8. The van der Waals surface area contributed by atoms with Crippen molar-refractivity contribution in [1.29, 1.82) is 0 Å². The van der Waals surface area contributed by atoms with Gasteiger partial charge in [0.1, 0.15) is 13.2 Å². The molecule has 0 aliphatic rings. The summed E-state index contributed by atoms with van der Waals surface area (Å²) in [5, 5.41) is 0. The molecule has 71 heavy (non-hydrogen) atoms. The quantitative estimate of drug-likeness (QED) is 0.0261. The third kappa shape index (κ3) is 57.9. The summed E-state index contributed by atoms with van der Waals surface area (Å²) >= 11 is 0. The normalized spacial score (nSPS) is 12.4. The Morgan fingerprint density at radius 2 is 0.549 bits per heavy atom. The maximum absolute atomic E-state index is 12.8. The van der Waals surface area contributed by atoms with E-state index in [0.717, 1.165) is 89.9 Å².